The summed E-state index contributed by atoms with van der Waals surface area (Å²) >= 11 is 0. The second-order valence-corrected chi connectivity index (χ2v) is 25.1. The van der Waals surface area contributed by atoms with Crippen LogP contribution in [0.25, 0.3) is 0 Å². The molecule has 3 fully saturated rings. The summed E-state index contributed by atoms with van der Waals surface area (Å²) in [6, 6.07) is 2.17. The summed E-state index contributed by atoms with van der Waals surface area (Å²) in [6.07, 6.45) is -2.41. The van der Waals surface area contributed by atoms with E-state index in [4.69, 9.17) is 51.8 Å². The van der Waals surface area contributed by atoms with Gasteiger partial charge < -0.3 is 56.6 Å². The van der Waals surface area contributed by atoms with Gasteiger partial charge in [0.05, 0.1) is 56.2 Å². The van der Waals surface area contributed by atoms with Gasteiger partial charge in [-0.2, -0.15) is 0 Å². The largest absolute Gasteiger partial charge is 0.462 e. The Bertz CT molecular complexity index is 1830. The maximum Gasteiger partial charge on any atom is 0.308 e. The van der Waals surface area contributed by atoms with Crippen molar-refractivity contribution in [2.24, 2.45) is 29.6 Å². The topological polar surface area (TPSA) is 190 Å². The van der Waals surface area contributed by atoms with Gasteiger partial charge in [0, 0.05) is 51.7 Å². The van der Waals surface area contributed by atoms with E-state index in [0.717, 1.165) is 30.0 Å². The van der Waals surface area contributed by atoms with Crippen LogP contribution >= 0.6 is 0 Å². The molecule has 6 unspecified atom stereocenters. The highest BCUT2D eigenvalue weighted by atomic mass is 28.4. The molecule has 0 amide bonds. The minimum atomic E-state index is -2.07. The van der Waals surface area contributed by atoms with Crippen LogP contribution in [-0.2, 0) is 75.8 Å². The molecule has 3 saturated heterocycles. The Morgan fingerprint density at radius 3 is 2.00 bits per heavy atom. The van der Waals surface area contributed by atoms with Crippen molar-refractivity contribution in [3.8, 4) is 0 Å². The number of carbonyl (C=O) groups excluding carboxylic acids is 5. The van der Waals surface area contributed by atoms with Gasteiger partial charge in [-0.05, 0) is 84.3 Å². The zero-order chi connectivity index (χ0) is 52.9. The van der Waals surface area contributed by atoms with E-state index in [0.29, 0.717) is 12.0 Å². The van der Waals surface area contributed by atoms with Crippen LogP contribution in [0.3, 0.4) is 0 Å². The van der Waals surface area contributed by atoms with E-state index in [1.165, 1.54) is 19.9 Å². The fourth-order valence-electron chi connectivity index (χ4n) is 10.9. The number of fused-ring (bicyclic) bond motifs is 3. The van der Waals surface area contributed by atoms with Crippen LogP contribution in [0.15, 0.2) is 36.0 Å². The lowest BCUT2D eigenvalue weighted by Gasteiger charge is -2.49. The first-order chi connectivity index (χ1) is 33.6. The monoisotopic (exact) mass is 1020 g/mol. The lowest BCUT2D eigenvalue weighted by molar-refractivity contribution is -0.309. The first kappa shape index (κ1) is 60.4. The van der Waals surface area contributed by atoms with Crippen molar-refractivity contribution < 1.29 is 75.8 Å². The predicted molar refractivity (Wildman–Crippen MR) is 267 cm³/mol. The molecule has 0 aromatic rings. The van der Waals surface area contributed by atoms with Crippen molar-refractivity contribution in [2.45, 2.75) is 200 Å². The van der Waals surface area contributed by atoms with Gasteiger partial charge in [-0.3, -0.25) is 24.1 Å². The number of hydrogen-bond donors (Lipinski definition) is 0. The molecule has 0 N–H and O–H groups in total. The lowest BCUT2D eigenvalue weighted by atomic mass is 9.73. The van der Waals surface area contributed by atoms with Gasteiger partial charge >= 0.3 is 17.9 Å². The number of ether oxygens (including phenoxy) is 10. The second-order valence-electron chi connectivity index (χ2n) is 20.4. The Hall–Kier alpha value is -3.17. The van der Waals surface area contributed by atoms with Crippen molar-refractivity contribution in [2.75, 3.05) is 41.5 Å². The molecule has 4 aliphatic heterocycles. The lowest BCUT2D eigenvalue weighted by Crippen LogP contribution is -2.65. The summed E-state index contributed by atoms with van der Waals surface area (Å²) in [4.78, 5) is 68.8. The third kappa shape index (κ3) is 15.7. The number of aldehydes is 1. The highest BCUT2D eigenvalue weighted by Crippen LogP contribution is 2.41. The summed E-state index contributed by atoms with van der Waals surface area (Å²) < 4.78 is 70.4. The van der Waals surface area contributed by atoms with E-state index >= 15 is 0 Å². The maximum absolute atomic E-state index is 14.5. The smallest absolute Gasteiger partial charge is 0.308 e. The van der Waals surface area contributed by atoms with Crippen LogP contribution in [0.1, 0.15) is 102 Å². The molecule has 0 aromatic carbocycles. The third-order valence-corrected chi connectivity index (χ3v) is 19.8. The van der Waals surface area contributed by atoms with Crippen LogP contribution in [-0.4, -0.2) is 164 Å². The minimum Gasteiger partial charge on any atom is -0.462 e. The number of nitrogens with zero attached hydrogens (tertiary/aromatic N) is 1. The van der Waals surface area contributed by atoms with Gasteiger partial charge in [0.2, 0.25) is 0 Å². The standard InChI is InChI=1S/C53H87NO16Si/c1-17-42-39(29-63-52-51(61-16)50(60-15)48(35(10)64-52)70-71(18-2,19-3)20-4)23-30(5)21-22-41(58)32(7)25-40-38(27-55)24-31(6)28-62-43(26-44(59)68-42)33(8)46(40)69-53-49(67-37(12)57)45(54(13)14)47(34(9)65-53)66-36(11)56/h21-23,27,32-35,38-40,42-43,45-53H,6,17-20,24-26,28-29H2,1-5,7-16H3/b22-21+,30-23+/t32-,33+,34?,35?,38?,39-,40-,42-,43-,45?,46-,47+,48+,49?,50+,51?,52-,53+/m1/s1. The summed E-state index contributed by atoms with van der Waals surface area (Å²) in [6.45, 7) is 24.6. The number of ketones is 1. The molecule has 0 spiro atoms. The minimum absolute atomic E-state index is 0.0477. The number of allylic oxidation sites excluding steroid dienone is 3. The van der Waals surface area contributed by atoms with Crippen LogP contribution in [0, 0.1) is 29.6 Å². The van der Waals surface area contributed by atoms with Crippen LogP contribution in [0.4, 0.5) is 0 Å². The van der Waals surface area contributed by atoms with Crippen LogP contribution in [0.2, 0.25) is 18.1 Å². The highest BCUT2D eigenvalue weighted by Gasteiger charge is 2.53. The molecule has 4 rings (SSSR count). The Labute approximate surface area is 424 Å². The number of cyclic esters (lactones) is 1. The number of hydrogen-bond acceptors (Lipinski definition) is 17. The molecule has 18 atom stereocenters. The van der Waals surface area contributed by atoms with Gasteiger partial charge in [-0.15, -0.1) is 0 Å². The molecular formula is C53H87NO16Si. The SMILES string of the molecule is C=C1CO[C@@H]2CC(=O)O[C@H](CC)[C@@H](CO[C@@H]3OC(C)[C@H](O[Si](CC)(CC)CC)[C@H](OC)C3OC)/C=C(C)/C=C/C(=O)[C@H](C)C[C@H](C(C=O)C1)[C@H](O[C@@H]1OC(C)[C@H](OC(C)=O)C(N(C)C)C1OC(C)=O)[C@H]2C. The van der Waals surface area contributed by atoms with E-state index < -0.39 is 123 Å². The number of methoxy groups -OCH3 is 2. The van der Waals surface area contributed by atoms with Gasteiger partial charge in [0.15, 0.2) is 32.8 Å². The maximum atomic E-state index is 14.5. The van der Waals surface area contributed by atoms with Gasteiger partial charge in [-0.1, -0.05) is 71.4 Å². The normalized spacial score (nSPS) is 38.3. The van der Waals surface area contributed by atoms with Crippen LogP contribution < -0.4 is 0 Å². The van der Waals surface area contributed by atoms with Crippen molar-refractivity contribution in [3.63, 3.8) is 0 Å². The number of rotatable bonds is 17. The first-order valence-corrected chi connectivity index (χ1v) is 28.3. The van der Waals surface area contributed by atoms with E-state index in [1.54, 1.807) is 46.2 Å². The molecule has 17 nitrogen and oxygen atoms in total. The first-order valence-electron chi connectivity index (χ1n) is 25.8. The number of carbonyl (C=O) groups is 5. The quantitative estimate of drug-likeness (QED) is 0.0478. The van der Waals surface area contributed by atoms with Crippen molar-refractivity contribution >= 4 is 38.3 Å². The Morgan fingerprint density at radius 2 is 1.44 bits per heavy atom. The van der Waals surface area contributed by atoms with Crippen LogP contribution in [0.5, 0.6) is 0 Å². The number of esters is 3. The molecule has 0 aliphatic carbocycles. The molecule has 71 heavy (non-hydrogen) atoms. The zero-order valence-corrected chi connectivity index (χ0v) is 46.3. The molecule has 2 bridgehead atoms. The molecule has 18 heteroatoms. The Morgan fingerprint density at radius 1 is 0.831 bits per heavy atom. The average Bonchev–Trinajstić information content (AvgIpc) is 3.36. The molecule has 0 aromatic heterocycles. The molecule has 4 aliphatic rings. The van der Waals surface area contributed by atoms with Crippen molar-refractivity contribution in [1.29, 1.82) is 0 Å². The fourth-order valence-corrected chi connectivity index (χ4v) is 13.8. The molecule has 404 valence electrons. The van der Waals surface area contributed by atoms with E-state index in [-0.39, 0.29) is 50.5 Å². The molecule has 0 radical (unpaired) electrons. The van der Waals surface area contributed by atoms with Gasteiger partial charge in [-0.25, -0.2) is 0 Å². The summed E-state index contributed by atoms with van der Waals surface area (Å²) in [5.74, 6) is -4.95. The zero-order valence-electron chi connectivity index (χ0n) is 45.3. The highest BCUT2D eigenvalue weighted by molar-refractivity contribution is 6.73. The van der Waals surface area contributed by atoms with Crippen molar-refractivity contribution in [1.82, 2.24) is 4.90 Å². The van der Waals surface area contributed by atoms with E-state index in [2.05, 4.69) is 27.4 Å². The second kappa shape index (κ2) is 27.9. The summed E-state index contributed by atoms with van der Waals surface area (Å²) in [5, 5.41) is 0. The summed E-state index contributed by atoms with van der Waals surface area (Å²) in [5.41, 5.74) is 1.36. The van der Waals surface area contributed by atoms with E-state index in [9.17, 15) is 24.0 Å². The Balaban J connectivity index is 1.76. The van der Waals surface area contributed by atoms with Crippen molar-refractivity contribution in [3.05, 3.63) is 36.0 Å². The average molecular weight is 1020 g/mol. The molecule has 0 saturated carbocycles. The van der Waals surface area contributed by atoms with Gasteiger partial charge in [0.1, 0.15) is 30.7 Å². The fraction of sp³-hybridized carbons (Fsp3) is 0.792. The predicted octanol–water partition coefficient (Wildman–Crippen LogP) is 6.94. The summed E-state index contributed by atoms with van der Waals surface area (Å²) in [7, 11) is 4.71. The molecule has 4 heterocycles. The Kier molecular flexibility index (Phi) is 23.8. The third-order valence-electron chi connectivity index (χ3n) is 15.2. The number of likely N-dealkylation sites (N-methyl/N-ethyl adjacent to an activating group) is 1. The molecular weight excluding hydrogens is 935 g/mol. The van der Waals surface area contributed by atoms with E-state index in [1.807, 2.05) is 40.7 Å². The van der Waals surface area contributed by atoms with Gasteiger partial charge in [0.25, 0.3) is 0 Å².